The Bertz CT molecular complexity index is 981. The normalized spacial score (nSPS) is 15.1. The number of hydrogen-bond donors (Lipinski definition) is 1. The van der Waals surface area contributed by atoms with Crippen molar-refractivity contribution in [1.82, 2.24) is 4.90 Å². The highest BCUT2D eigenvalue weighted by molar-refractivity contribution is 7.90. The summed E-state index contributed by atoms with van der Waals surface area (Å²) in [6.07, 6.45) is 1.32. The van der Waals surface area contributed by atoms with E-state index in [4.69, 9.17) is 9.47 Å². The predicted octanol–water partition coefficient (Wildman–Crippen LogP) is 3.77. The number of benzene rings is 1. The smallest absolute Gasteiger partial charge is 0.411 e. The SMILES string of the molecule is CC(C)(C)OC(=O)N1CCC(C(=O)CCCOC(=O)Nc2ccc(S(C)(=O)=O)cc2F)CC1. The molecule has 0 aliphatic carbocycles. The summed E-state index contributed by atoms with van der Waals surface area (Å²) in [5.74, 6) is -1.01. The quantitative estimate of drug-likeness (QED) is 0.583. The largest absolute Gasteiger partial charge is 0.449 e. The van der Waals surface area contributed by atoms with Crippen LogP contribution in [0.25, 0.3) is 0 Å². The van der Waals surface area contributed by atoms with Gasteiger partial charge in [-0.2, -0.15) is 0 Å². The Morgan fingerprint density at radius 2 is 1.82 bits per heavy atom. The maximum Gasteiger partial charge on any atom is 0.411 e. The summed E-state index contributed by atoms with van der Waals surface area (Å²) in [4.78, 5) is 37.7. The lowest BCUT2D eigenvalue weighted by molar-refractivity contribution is -0.124. The van der Waals surface area contributed by atoms with Gasteiger partial charge >= 0.3 is 12.2 Å². The average Bonchev–Trinajstić information content (AvgIpc) is 2.70. The number of amides is 2. The fourth-order valence-corrected chi connectivity index (χ4v) is 3.93. The predicted molar refractivity (Wildman–Crippen MR) is 119 cm³/mol. The third kappa shape index (κ3) is 8.64. The monoisotopic (exact) mass is 486 g/mol. The zero-order valence-electron chi connectivity index (χ0n) is 19.4. The molecule has 9 nitrogen and oxygen atoms in total. The maximum atomic E-state index is 14.0. The molecule has 0 saturated carbocycles. The van der Waals surface area contributed by atoms with Crippen molar-refractivity contribution >= 4 is 33.5 Å². The third-order valence-electron chi connectivity index (χ3n) is 5.01. The van der Waals surface area contributed by atoms with Gasteiger partial charge in [-0.15, -0.1) is 0 Å². The summed E-state index contributed by atoms with van der Waals surface area (Å²) in [6.45, 7) is 6.27. The molecule has 0 spiro atoms. The van der Waals surface area contributed by atoms with Crippen molar-refractivity contribution < 1.29 is 36.7 Å². The van der Waals surface area contributed by atoms with Crippen molar-refractivity contribution in [3.8, 4) is 0 Å². The Balaban J connectivity index is 1.69. The van der Waals surface area contributed by atoms with E-state index in [0.717, 1.165) is 18.4 Å². The van der Waals surface area contributed by atoms with Crippen LogP contribution in [0.1, 0.15) is 46.5 Å². The molecule has 2 amide bonds. The van der Waals surface area contributed by atoms with E-state index < -0.39 is 27.3 Å². The number of rotatable bonds is 7. The molecular formula is C22H31FN2O7S. The molecule has 1 heterocycles. The fraction of sp³-hybridized carbons (Fsp3) is 0.591. The molecule has 0 unspecified atom stereocenters. The first kappa shape index (κ1) is 26.6. The molecule has 0 atom stereocenters. The molecule has 1 saturated heterocycles. The molecule has 0 radical (unpaired) electrons. The molecule has 2 rings (SSSR count). The third-order valence-corrected chi connectivity index (χ3v) is 6.12. The van der Waals surface area contributed by atoms with Gasteiger partial charge in [-0.3, -0.25) is 10.1 Å². The van der Waals surface area contributed by atoms with Crippen molar-refractivity contribution in [3.05, 3.63) is 24.0 Å². The van der Waals surface area contributed by atoms with Crippen molar-refractivity contribution in [2.45, 2.75) is 57.0 Å². The summed E-state index contributed by atoms with van der Waals surface area (Å²) >= 11 is 0. The highest BCUT2D eigenvalue weighted by Crippen LogP contribution is 2.22. The van der Waals surface area contributed by atoms with Gasteiger partial charge in [0.15, 0.2) is 9.84 Å². The fourth-order valence-electron chi connectivity index (χ4n) is 3.30. The van der Waals surface area contributed by atoms with Crippen LogP contribution in [0, 0.1) is 11.7 Å². The Hall–Kier alpha value is -2.69. The van der Waals surface area contributed by atoms with Gasteiger partial charge in [-0.25, -0.2) is 22.4 Å². The molecular weight excluding hydrogens is 455 g/mol. The van der Waals surface area contributed by atoms with E-state index in [1.807, 2.05) is 0 Å². The number of ether oxygens (including phenoxy) is 2. The Morgan fingerprint density at radius 1 is 1.18 bits per heavy atom. The number of nitrogens with one attached hydrogen (secondary N) is 1. The first-order chi connectivity index (χ1) is 15.3. The van der Waals surface area contributed by atoms with Gasteiger partial charge in [-0.1, -0.05) is 0 Å². The van der Waals surface area contributed by atoms with Gasteiger partial charge in [0.05, 0.1) is 17.2 Å². The second-order valence-corrected chi connectivity index (χ2v) is 11.0. The van der Waals surface area contributed by atoms with Crippen LogP contribution in [0.5, 0.6) is 0 Å². The van der Waals surface area contributed by atoms with Crippen LogP contribution < -0.4 is 5.32 Å². The lowest BCUT2D eigenvalue weighted by Crippen LogP contribution is -2.43. The summed E-state index contributed by atoms with van der Waals surface area (Å²) < 4.78 is 47.2. The number of piperidine rings is 1. The van der Waals surface area contributed by atoms with Gasteiger partial charge in [0.2, 0.25) is 0 Å². The second-order valence-electron chi connectivity index (χ2n) is 8.99. The van der Waals surface area contributed by atoms with Crippen LogP contribution in [0.4, 0.5) is 19.7 Å². The summed E-state index contributed by atoms with van der Waals surface area (Å²) in [5, 5.41) is 2.21. The van der Waals surface area contributed by atoms with E-state index in [-0.39, 0.29) is 41.4 Å². The number of Topliss-reactive ketones (excluding diaryl/α,β-unsaturated/α-hetero) is 1. The number of sulfone groups is 1. The van der Waals surface area contributed by atoms with Crippen LogP contribution in [-0.4, -0.2) is 62.8 Å². The molecule has 1 aromatic carbocycles. The molecule has 1 aliphatic rings. The number of carbonyl (C=O) groups is 3. The lowest BCUT2D eigenvalue weighted by Gasteiger charge is -2.33. The van der Waals surface area contributed by atoms with E-state index >= 15 is 0 Å². The van der Waals surface area contributed by atoms with E-state index in [0.29, 0.717) is 32.4 Å². The molecule has 11 heteroatoms. The molecule has 1 N–H and O–H groups in total. The van der Waals surface area contributed by atoms with Gasteiger partial charge in [0.1, 0.15) is 17.2 Å². The van der Waals surface area contributed by atoms with Crippen molar-refractivity contribution in [1.29, 1.82) is 0 Å². The van der Waals surface area contributed by atoms with Crippen LogP contribution in [0.3, 0.4) is 0 Å². The van der Waals surface area contributed by atoms with Gasteiger partial charge < -0.3 is 14.4 Å². The van der Waals surface area contributed by atoms with Gasteiger partial charge in [0, 0.05) is 31.7 Å². The summed E-state index contributed by atoms with van der Waals surface area (Å²) in [7, 11) is -3.56. The molecule has 0 bridgehead atoms. The van der Waals surface area contributed by atoms with E-state index in [1.165, 1.54) is 6.07 Å². The molecule has 1 aromatic rings. The van der Waals surface area contributed by atoms with Crippen molar-refractivity contribution in [2.75, 3.05) is 31.3 Å². The number of nitrogens with zero attached hydrogens (tertiary/aromatic N) is 1. The Kier molecular flexibility index (Phi) is 8.82. The first-order valence-electron chi connectivity index (χ1n) is 10.7. The van der Waals surface area contributed by atoms with Crippen LogP contribution in [0.15, 0.2) is 23.1 Å². The summed E-state index contributed by atoms with van der Waals surface area (Å²) in [5.41, 5.74) is -0.776. The standard InChI is InChI=1S/C22H31FN2O7S/c1-22(2,3)32-21(28)25-11-9-15(10-12-25)19(26)6-5-13-31-20(27)24-18-8-7-16(14-17(18)23)33(4,29)30/h7-8,14-15H,5-6,9-13H2,1-4H3,(H,24,27). The van der Waals surface area contributed by atoms with Crippen molar-refractivity contribution in [2.24, 2.45) is 5.92 Å². The van der Waals surface area contributed by atoms with Crippen LogP contribution in [0.2, 0.25) is 0 Å². The lowest BCUT2D eigenvalue weighted by atomic mass is 9.90. The minimum absolute atomic E-state index is 0.0304. The topological polar surface area (TPSA) is 119 Å². The average molecular weight is 487 g/mol. The highest BCUT2D eigenvalue weighted by Gasteiger charge is 2.29. The summed E-state index contributed by atoms with van der Waals surface area (Å²) in [6, 6.07) is 3.14. The first-order valence-corrected chi connectivity index (χ1v) is 12.6. The minimum Gasteiger partial charge on any atom is -0.449 e. The number of carbonyl (C=O) groups excluding carboxylic acids is 3. The number of anilines is 1. The maximum absolute atomic E-state index is 14.0. The Morgan fingerprint density at radius 3 is 2.36 bits per heavy atom. The Labute approximate surface area is 193 Å². The molecule has 184 valence electrons. The van der Waals surface area contributed by atoms with Crippen LogP contribution >= 0.6 is 0 Å². The van der Waals surface area contributed by atoms with Gasteiger partial charge in [-0.05, 0) is 58.2 Å². The van der Waals surface area contributed by atoms with Crippen LogP contribution in [-0.2, 0) is 24.1 Å². The highest BCUT2D eigenvalue weighted by atomic mass is 32.2. The van der Waals surface area contributed by atoms with E-state index in [9.17, 15) is 27.2 Å². The molecule has 0 aromatic heterocycles. The number of hydrogen-bond acceptors (Lipinski definition) is 7. The van der Waals surface area contributed by atoms with E-state index in [2.05, 4.69) is 5.32 Å². The second kappa shape index (κ2) is 11.0. The molecule has 1 fully saturated rings. The zero-order valence-corrected chi connectivity index (χ0v) is 20.2. The number of ketones is 1. The number of likely N-dealkylation sites (tertiary alicyclic amines) is 1. The minimum atomic E-state index is -3.56. The zero-order chi connectivity index (χ0) is 24.8. The number of halogens is 1. The van der Waals surface area contributed by atoms with Gasteiger partial charge in [0.25, 0.3) is 0 Å². The van der Waals surface area contributed by atoms with Crippen molar-refractivity contribution in [3.63, 3.8) is 0 Å². The molecule has 1 aliphatic heterocycles. The van der Waals surface area contributed by atoms with E-state index in [1.54, 1.807) is 25.7 Å². The molecule has 33 heavy (non-hydrogen) atoms.